The maximum Gasteiger partial charge on any atom is 0.236 e. The van der Waals surface area contributed by atoms with Crippen molar-refractivity contribution in [3.05, 3.63) is 0 Å². The molecule has 1 atom stereocenters. The maximum absolute atomic E-state index is 11.3. The van der Waals surface area contributed by atoms with Crippen LogP contribution in [0.4, 0.5) is 0 Å². The molecule has 0 aromatic heterocycles. The summed E-state index contributed by atoms with van der Waals surface area (Å²) < 4.78 is 0. The molecule has 0 rings (SSSR count). The van der Waals surface area contributed by atoms with Crippen molar-refractivity contribution < 1.29 is 10.0 Å². The standard InChI is InChI=1S/C9H20N4O2/c1-3-11-9(14)7(2)12-6-4-5-8(10)13-15/h7,12,15H,3-6H2,1-2H3,(H2,10,13)(H,11,14). The minimum Gasteiger partial charge on any atom is -0.409 e. The highest BCUT2D eigenvalue weighted by Crippen LogP contribution is 1.89. The molecule has 0 spiro atoms. The van der Waals surface area contributed by atoms with E-state index in [2.05, 4.69) is 15.8 Å². The predicted molar refractivity (Wildman–Crippen MR) is 58.8 cm³/mol. The molecule has 0 aromatic rings. The van der Waals surface area contributed by atoms with Crippen molar-refractivity contribution in [1.82, 2.24) is 10.6 Å². The van der Waals surface area contributed by atoms with Crippen molar-refractivity contribution in [2.75, 3.05) is 13.1 Å². The van der Waals surface area contributed by atoms with Gasteiger partial charge >= 0.3 is 0 Å². The Hall–Kier alpha value is -1.30. The number of hydrogen-bond donors (Lipinski definition) is 4. The predicted octanol–water partition coefficient (Wildman–Crippen LogP) is -0.373. The lowest BCUT2D eigenvalue weighted by Crippen LogP contribution is -2.42. The van der Waals surface area contributed by atoms with Crippen LogP contribution < -0.4 is 16.4 Å². The zero-order valence-electron chi connectivity index (χ0n) is 9.29. The number of likely N-dealkylation sites (N-methyl/N-ethyl adjacent to an activating group) is 1. The van der Waals surface area contributed by atoms with Crippen molar-refractivity contribution in [3.63, 3.8) is 0 Å². The highest BCUT2D eigenvalue weighted by Gasteiger charge is 2.09. The summed E-state index contributed by atoms with van der Waals surface area (Å²) in [5, 5.41) is 16.9. The fourth-order valence-electron chi connectivity index (χ4n) is 1.06. The molecule has 0 heterocycles. The van der Waals surface area contributed by atoms with Crippen LogP contribution in [-0.4, -0.2) is 36.1 Å². The van der Waals surface area contributed by atoms with Crippen molar-refractivity contribution in [2.24, 2.45) is 10.9 Å². The highest BCUT2D eigenvalue weighted by atomic mass is 16.4. The van der Waals surface area contributed by atoms with E-state index in [0.717, 1.165) is 6.42 Å². The molecule has 0 bridgehead atoms. The smallest absolute Gasteiger partial charge is 0.236 e. The lowest BCUT2D eigenvalue weighted by Gasteiger charge is -2.12. The third-order valence-electron chi connectivity index (χ3n) is 1.93. The average Bonchev–Trinajstić information content (AvgIpc) is 2.23. The van der Waals surface area contributed by atoms with Gasteiger partial charge < -0.3 is 21.6 Å². The van der Waals surface area contributed by atoms with E-state index in [1.165, 1.54) is 0 Å². The summed E-state index contributed by atoms with van der Waals surface area (Å²) in [5.74, 6) is 0.198. The molecule has 0 radical (unpaired) electrons. The Labute approximate surface area is 89.9 Å². The first-order chi connectivity index (χ1) is 7.11. The zero-order chi connectivity index (χ0) is 11.7. The fourth-order valence-corrected chi connectivity index (χ4v) is 1.06. The molecule has 1 amide bonds. The minimum absolute atomic E-state index is 0.0127. The molecule has 5 N–H and O–H groups in total. The van der Waals surface area contributed by atoms with Gasteiger partial charge in [-0.2, -0.15) is 0 Å². The Balaban J connectivity index is 3.54. The van der Waals surface area contributed by atoms with Crippen LogP contribution in [0.3, 0.4) is 0 Å². The first kappa shape index (κ1) is 13.7. The molecule has 6 nitrogen and oxygen atoms in total. The van der Waals surface area contributed by atoms with E-state index in [4.69, 9.17) is 10.9 Å². The average molecular weight is 216 g/mol. The second kappa shape index (κ2) is 8.05. The van der Waals surface area contributed by atoms with Crippen molar-refractivity contribution >= 4 is 11.7 Å². The van der Waals surface area contributed by atoms with Gasteiger partial charge in [0.2, 0.25) is 5.91 Å². The second-order valence-electron chi connectivity index (χ2n) is 3.27. The third kappa shape index (κ3) is 6.73. The Morgan fingerprint density at radius 3 is 2.80 bits per heavy atom. The van der Waals surface area contributed by atoms with Crippen LogP contribution in [0, 0.1) is 0 Å². The van der Waals surface area contributed by atoms with E-state index in [1.54, 1.807) is 6.92 Å². The number of carbonyl (C=O) groups excluding carboxylic acids is 1. The first-order valence-corrected chi connectivity index (χ1v) is 5.09. The van der Waals surface area contributed by atoms with Crippen LogP contribution in [0.2, 0.25) is 0 Å². The molecule has 15 heavy (non-hydrogen) atoms. The van der Waals surface area contributed by atoms with Gasteiger partial charge in [-0.25, -0.2) is 0 Å². The zero-order valence-corrected chi connectivity index (χ0v) is 9.29. The van der Waals surface area contributed by atoms with E-state index < -0.39 is 0 Å². The Kier molecular flexibility index (Phi) is 7.35. The molecule has 0 fully saturated rings. The number of amidine groups is 1. The lowest BCUT2D eigenvalue weighted by molar-refractivity contribution is -0.122. The SMILES string of the molecule is CCNC(=O)C(C)NCCCC(N)=NO. The summed E-state index contributed by atoms with van der Waals surface area (Å²) >= 11 is 0. The van der Waals surface area contributed by atoms with Crippen LogP contribution in [0.1, 0.15) is 26.7 Å². The van der Waals surface area contributed by atoms with Gasteiger partial charge in [-0.05, 0) is 26.8 Å². The monoisotopic (exact) mass is 216 g/mol. The molecule has 1 unspecified atom stereocenters. The first-order valence-electron chi connectivity index (χ1n) is 5.09. The summed E-state index contributed by atoms with van der Waals surface area (Å²) in [6.45, 7) is 4.97. The number of nitrogens with one attached hydrogen (secondary N) is 2. The van der Waals surface area contributed by atoms with Gasteiger partial charge in [0.1, 0.15) is 5.84 Å². The number of nitrogens with zero attached hydrogens (tertiary/aromatic N) is 1. The van der Waals surface area contributed by atoms with Gasteiger partial charge in [0.25, 0.3) is 0 Å². The normalized spacial score (nSPS) is 13.6. The van der Waals surface area contributed by atoms with Crippen LogP contribution in [0.15, 0.2) is 5.16 Å². The summed E-state index contributed by atoms with van der Waals surface area (Å²) in [7, 11) is 0. The Morgan fingerprint density at radius 1 is 1.60 bits per heavy atom. The molecule has 0 aliphatic carbocycles. The maximum atomic E-state index is 11.3. The molecule has 0 aliphatic heterocycles. The topological polar surface area (TPSA) is 99.7 Å². The number of hydrogen-bond acceptors (Lipinski definition) is 4. The van der Waals surface area contributed by atoms with E-state index in [1.807, 2.05) is 6.92 Å². The van der Waals surface area contributed by atoms with Crippen LogP contribution in [0.25, 0.3) is 0 Å². The van der Waals surface area contributed by atoms with Gasteiger partial charge in [-0.15, -0.1) is 0 Å². The fraction of sp³-hybridized carbons (Fsp3) is 0.778. The Bertz CT molecular complexity index is 218. The number of carbonyl (C=O) groups is 1. The molecule has 0 saturated carbocycles. The number of rotatable bonds is 7. The summed E-state index contributed by atoms with van der Waals surface area (Å²) in [4.78, 5) is 11.3. The molecule has 88 valence electrons. The van der Waals surface area contributed by atoms with Crippen LogP contribution >= 0.6 is 0 Å². The van der Waals surface area contributed by atoms with Gasteiger partial charge in [0, 0.05) is 13.0 Å². The van der Waals surface area contributed by atoms with Gasteiger partial charge in [-0.1, -0.05) is 5.16 Å². The molecule has 0 aromatic carbocycles. The van der Waals surface area contributed by atoms with Crippen LogP contribution in [0.5, 0.6) is 0 Å². The van der Waals surface area contributed by atoms with E-state index in [-0.39, 0.29) is 17.8 Å². The quantitative estimate of drug-likeness (QED) is 0.153. The highest BCUT2D eigenvalue weighted by molar-refractivity contribution is 5.81. The number of nitrogens with two attached hydrogens (primary N) is 1. The molecular formula is C9H20N4O2. The lowest BCUT2D eigenvalue weighted by atomic mass is 10.2. The second-order valence-corrected chi connectivity index (χ2v) is 3.27. The Morgan fingerprint density at radius 2 is 2.27 bits per heavy atom. The van der Waals surface area contributed by atoms with E-state index >= 15 is 0 Å². The molecular weight excluding hydrogens is 196 g/mol. The number of amides is 1. The number of oxime groups is 1. The van der Waals surface area contributed by atoms with E-state index in [0.29, 0.717) is 19.5 Å². The van der Waals surface area contributed by atoms with Crippen molar-refractivity contribution in [2.45, 2.75) is 32.7 Å². The minimum atomic E-state index is -0.211. The summed E-state index contributed by atoms with van der Waals surface area (Å²) in [5.41, 5.74) is 5.29. The molecule has 0 saturated heterocycles. The summed E-state index contributed by atoms with van der Waals surface area (Å²) in [6.07, 6.45) is 1.26. The van der Waals surface area contributed by atoms with Crippen molar-refractivity contribution in [1.29, 1.82) is 0 Å². The van der Waals surface area contributed by atoms with E-state index in [9.17, 15) is 4.79 Å². The largest absolute Gasteiger partial charge is 0.409 e. The van der Waals surface area contributed by atoms with Crippen LogP contribution in [-0.2, 0) is 4.79 Å². The van der Waals surface area contributed by atoms with Crippen molar-refractivity contribution in [3.8, 4) is 0 Å². The van der Waals surface area contributed by atoms with Gasteiger partial charge in [0.05, 0.1) is 6.04 Å². The summed E-state index contributed by atoms with van der Waals surface area (Å²) in [6, 6.07) is -0.211. The van der Waals surface area contributed by atoms with Gasteiger partial charge in [-0.3, -0.25) is 4.79 Å². The third-order valence-corrected chi connectivity index (χ3v) is 1.93. The van der Waals surface area contributed by atoms with Gasteiger partial charge in [0.15, 0.2) is 0 Å². The molecule has 6 heteroatoms. The molecule has 0 aliphatic rings.